The molecule has 1 heterocycles. The number of nitrogens with zero attached hydrogens (tertiary/aromatic N) is 3. The van der Waals surface area contributed by atoms with Crippen LogP contribution in [0.1, 0.15) is 33.3 Å². The van der Waals surface area contributed by atoms with Gasteiger partial charge < -0.3 is 24.7 Å². The third-order valence-corrected chi connectivity index (χ3v) is 7.12. The minimum Gasteiger partial charge on any atom is -0.476 e. The number of aromatic nitrogens is 1. The molecule has 0 saturated carbocycles. The quantitative estimate of drug-likeness (QED) is 0.130. The molecule has 2 N–H and O–H groups in total. The Hall–Kier alpha value is -3.24. The third kappa shape index (κ3) is 10.6. The highest BCUT2D eigenvalue weighted by molar-refractivity contribution is 6.76. The van der Waals surface area contributed by atoms with Crippen molar-refractivity contribution in [1.82, 2.24) is 4.98 Å². The van der Waals surface area contributed by atoms with Crippen molar-refractivity contribution >= 4 is 25.9 Å². The lowest BCUT2D eigenvalue weighted by Gasteiger charge is -2.21. The summed E-state index contributed by atoms with van der Waals surface area (Å²) in [5.41, 5.74) is 8.10. The lowest BCUT2D eigenvalue weighted by Crippen LogP contribution is -2.32. The predicted octanol–water partition coefficient (Wildman–Crippen LogP) is 5.13. The lowest BCUT2D eigenvalue weighted by molar-refractivity contribution is -0.152. The Morgan fingerprint density at radius 3 is 2.29 bits per heavy atom. The first kappa shape index (κ1) is 31.0. The van der Waals surface area contributed by atoms with Crippen molar-refractivity contribution in [3.05, 3.63) is 48.2 Å². The topological polar surface area (TPSA) is 118 Å². The number of esters is 1. The fourth-order valence-corrected chi connectivity index (χ4v) is 3.84. The molecule has 0 saturated heterocycles. The molecular formula is C28H42N4O5Si. The van der Waals surface area contributed by atoms with Crippen LogP contribution < -0.4 is 10.5 Å². The largest absolute Gasteiger partial charge is 0.476 e. The van der Waals surface area contributed by atoms with E-state index in [4.69, 9.17) is 24.7 Å². The molecule has 0 spiro atoms. The Balaban J connectivity index is 2.04. The van der Waals surface area contributed by atoms with Crippen LogP contribution in [0.2, 0.25) is 25.7 Å². The van der Waals surface area contributed by atoms with Crippen molar-refractivity contribution in [2.24, 2.45) is 21.1 Å². The van der Waals surface area contributed by atoms with Crippen LogP contribution in [0, 0.1) is 5.41 Å². The van der Waals surface area contributed by atoms with Crippen molar-refractivity contribution in [1.29, 1.82) is 0 Å². The summed E-state index contributed by atoms with van der Waals surface area (Å²) in [5, 5.41) is 0. The first-order valence-electron chi connectivity index (χ1n) is 12.7. The maximum absolute atomic E-state index is 11.8. The molecule has 0 unspecified atom stereocenters. The van der Waals surface area contributed by atoms with E-state index in [0.717, 1.165) is 22.7 Å². The molecule has 9 nitrogen and oxygen atoms in total. The summed E-state index contributed by atoms with van der Waals surface area (Å²) in [6.07, 6.45) is 1.62. The summed E-state index contributed by atoms with van der Waals surface area (Å²) in [6, 6.07) is 12.6. The molecular weight excluding hydrogens is 500 g/mol. The molecule has 2 rings (SSSR count). The Labute approximate surface area is 227 Å². The van der Waals surface area contributed by atoms with Gasteiger partial charge in [-0.25, -0.2) is 9.98 Å². The maximum Gasteiger partial charge on any atom is 0.316 e. The van der Waals surface area contributed by atoms with E-state index in [1.807, 2.05) is 44.2 Å². The minimum absolute atomic E-state index is 0.0966. The van der Waals surface area contributed by atoms with Crippen LogP contribution in [-0.2, 0) is 19.0 Å². The standard InChI is InChI=1S/C28H42N4O5Si/c1-20(2)37-27(31-19-35-15-16-38(6,7)8)32-25(29)22-11-9-21(10-12-22)23-13-14-24(30-17-23)36-18-28(3,4)26(33)34-5/h9-14,17,20H,15-16,18-19H2,1-8H3,(H2,29,31,32). The number of ether oxygens (including phenoxy) is 4. The first-order valence-corrected chi connectivity index (χ1v) is 16.4. The van der Waals surface area contributed by atoms with Gasteiger partial charge in [0.05, 0.1) is 18.6 Å². The summed E-state index contributed by atoms with van der Waals surface area (Å²) in [5.74, 6) is 0.394. The van der Waals surface area contributed by atoms with Crippen LogP contribution in [0.25, 0.3) is 11.1 Å². The molecule has 0 amide bonds. The van der Waals surface area contributed by atoms with E-state index in [2.05, 4.69) is 34.6 Å². The maximum atomic E-state index is 11.8. The molecule has 1 aromatic carbocycles. The Bertz CT molecular complexity index is 1090. The molecule has 10 heteroatoms. The average Bonchev–Trinajstić information content (AvgIpc) is 2.86. The summed E-state index contributed by atoms with van der Waals surface area (Å²) in [6.45, 7) is 15.3. The van der Waals surface area contributed by atoms with Crippen molar-refractivity contribution in [2.75, 3.05) is 27.1 Å². The van der Waals surface area contributed by atoms with Crippen LogP contribution in [0.15, 0.2) is 52.6 Å². The number of hydrogen-bond acceptors (Lipinski definition) is 7. The average molecular weight is 543 g/mol. The van der Waals surface area contributed by atoms with E-state index >= 15 is 0 Å². The van der Waals surface area contributed by atoms with Crippen LogP contribution in [-0.4, -0.2) is 64.0 Å². The minimum atomic E-state index is -1.16. The van der Waals surface area contributed by atoms with Crippen molar-refractivity contribution < 1.29 is 23.7 Å². The van der Waals surface area contributed by atoms with E-state index < -0.39 is 13.5 Å². The highest BCUT2D eigenvalue weighted by Gasteiger charge is 2.29. The molecule has 0 fully saturated rings. The second-order valence-corrected chi connectivity index (χ2v) is 16.7. The zero-order valence-electron chi connectivity index (χ0n) is 23.9. The van der Waals surface area contributed by atoms with Crippen LogP contribution in [0.3, 0.4) is 0 Å². The van der Waals surface area contributed by atoms with Gasteiger partial charge in [0, 0.05) is 38.1 Å². The highest BCUT2D eigenvalue weighted by Crippen LogP contribution is 2.23. The van der Waals surface area contributed by atoms with E-state index in [1.54, 1.807) is 26.1 Å². The van der Waals surface area contributed by atoms with Gasteiger partial charge in [-0.2, -0.15) is 4.99 Å². The molecule has 0 bridgehead atoms. The fourth-order valence-electron chi connectivity index (χ4n) is 3.08. The Morgan fingerprint density at radius 1 is 1.08 bits per heavy atom. The van der Waals surface area contributed by atoms with Gasteiger partial charge >= 0.3 is 12.0 Å². The number of benzene rings is 1. The van der Waals surface area contributed by atoms with Gasteiger partial charge in [0.1, 0.15) is 19.2 Å². The van der Waals surface area contributed by atoms with E-state index in [0.29, 0.717) is 18.3 Å². The fraction of sp³-hybridized carbons (Fsp3) is 0.500. The van der Waals surface area contributed by atoms with Gasteiger partial charge in [0.2, 0.25) is 5.88 Å². The first-order chi connectivity index (χ1) is 17.8. The van der Waals surface area contributed by atoms with E-state index in [9.17, 15) is 4.79 Å². The number of amidine groups is 2. The second-order valence-electron chi connectivity index (χ2n) is 11.1. The van der Waals surface area contributed by atoms with E-state index in [-0.39, 0.29) is 31.4 Å². The van der Waals surface area contributed by atoms with Gasteiger partial charge in [-0.05, 0) is 45.4 Å². The van der Waals surface area contributed by atoms with Crippen molar-refractivity contribution in [2.45, 2.75) is 59.5 Å². The molecule has 208 valence electrons. The number of rotatable bonds is 12. The number of hydrogen-bond donors (Lipinski definition) is 1. The van der Waals surface area contributed by atoms with Gasteiger partial charge in [-0.3, -0.25) is 4.79 Å². The van der Waals surface area contributed by atoms with Gasteiger partial charge in [0.25, 0.3) is 0 Å². The number of aliphatic imine (C=N–C) groups is 2. The summed E-state index contributed by atoms with van der Waals surface area (Å²) >= 11 is 0. The molecule has 0 radical (unpaired) electrons. The molecule has 1 aromatic heterocycles. The molecule has 2 aromatic rings. The highest BCUT2D eigenvalue weighted by atomic mass is 28.3. The number of nitrogens with two attached hydrogens (primary N) is 1. The van der Waals surface area contributed by atoms with Crippen LogP contribution >= 0.6 is 0 Å². The number of pyridine rings is 1. The smallest absolute Gasteiger partial charge is 0.316 e. The molecule has 0 atom stereocenters. The molecule has 38 heavy (non-hydrogen) atoms. The van der Waals surface area contributed by atoms with Crippen LogP contribution in [0.5, 0.6) is 5.88 Å². The molecule has 0 aliphatic heterocycles. The van der Waals surface area contributed by atoms with E-state index in [1.165, 1.54) is 7.11 Å². The third-order valence-electron chi connectivity index (χ3n) is 5.41. The predicted molar refractivity (Wildman–Crippen MR) is 154 cm³/mol. The lowest BCUT2D eigenvalue weighted by atomic mass is 9.95. The number of carbonyl (C=O) groups excluding carboxylic acids is 1. The zero-order valence-corrected chi connectivity index (χ0v) is 24.9. The van der Waals surface area contributed by atoms with Crippen LogP contribution in [0.4, 0.5) is 0 Å². The summed E-state index contributed by atoms with van der Waals surface area (Å²) in [7, 11) is 0.204. The summed E-state index contributed by atoms with van der Waals surface area (Å²) in [4.78, 5) is 24.9. The molecule has 0 aliphatic rings. The van der Waals surface area contributed by atoms with Gasteiger partial charge in [0.15, 0.2) is 0 Å². The monoisotopic (exact) mass is 542 g/mol. The normalized spacial score (nSPS) is 13.0. The van der Waals surface area contributed by atoms with Gasteiger partial charge in [-0.1, -0.05) is 43.9 Å². The molecule has 0 aliphatic carbocycles. The SMILES string of the molecule is COC(=O)C(C)(C)COc1ccc(-c2ccc(C(N)=NC(=NCOCC[Si](C)(C)C)OC(C)C)cc2)cn1. The number of methoxy groups -OCH3 is 1. The Kier molecular flexibility index (Phi) is 11.5. The Morgan fingerprint density at radius 2 is 1.74 bits per heavy atom. The van der Waals surface area contributed by atoms with Gasteiger partial charge in [-0.15, -0.1) is 0 Å². The van der Waals surface area contributed by atoms with Crippen molar-refractivity contribution in [3.63, 3.8) is 0 Å². The van der Waals surface area contributed by atoms with Crippen molar-refractivity contribution in [3.8, 4) is 17.0 Å². The summed E-state index contributed by atoms with van der Waals surface area (Å²) < 4.78 is 21.9. The zero-order chi connectivity index (χ0) is 28.3. The number of carbonyl (C=O) groups is 1. The second kappa shape index (κ2) is 14.1.